The second-order valence-corrected chi connectivity index (χ2v) is 6.12. The first-order valence-corrected chi connectivity index (χ1v) is 6.94. The van der Waals surface area contributed by atoms with Crippen LogP contribution in [0.4, 0.5) is 4.79 Å². The van der Waals surface area contributed by atoms with Crippen molar-refractivity contribution in [2.24, 2.45) is 5.92 Å². The van der Waals surface area contributed by atoms with E-state index in [9.17, 15) is 14.4 Å². The topological polar surface area (TPSA) is 75.7 Å². The lowest BCUT2D eigenvalue weighted by Crippen LogP contribution is -2.45. The zero-order valence-electron chi connectivity index (χ0n) is 12.7. The van der Waals surface area contributed by atoms with Crippen LogP contribution in [0.3, 0.4) is 0 Å². The highest BCUT2D eigenvalue weighted by atomic mass is 16.6. The monoisotopic (exact) mass is 284 g/mol. The third-order valence-corrected chi connectivity index (χ3v) is 3.21. The summed E-state index contributed by atoms with van der Waals surface area (Å²) in [6, 6.07) is 0. The normalized spacial score (nSPS) is 16.7. The quantitative estimate of drug-likeness (QED) is 0.848. The van der Waals surface area contributed by atoms with Gasteiger partial charge in [0.15, 0.2) is 0 Å². The molecule has 1 N–H and O–H groups in total. The van der Waals surface area contributed by atoms with Crippen molar-refractivity contribution in [2.75, 3.05) is 19.6 Å². The fourth-order valence-corrected chi connectivity index (χ4v) is 2.11. The number of carbonyl (C=O) groups is 3. The number of hydrogen-bond donors (Lipinski definition) is 1. The zero-order valence-corrected chi connectivity index (χ0v) is 12.7. The molecule has 0 aromatic heterocycles. The summed E-state index contributed by atoms with van der Waals surface area (Å²) in [6.45, 7) is 7.95. The minimum absolute atomic E-state index is 0.0675. The Kier molecular flexibility index (Phi) is 5.53. The number of amides is 2. The van der Waals surface area contributed by atoms with Gasteiger partial charge >= 0.3 is 6.09 Å². The van der Waals surface area contributed by atoms with Crippen LogP contribution < -0.4 is 5.32 Å². The summed E-state index contributed by atoms with van der Waals surface area (Å²) in [5.41, 5.74) is -0.576. The Balaban J connectivity index is 2.31. The molecule has 0 atom stereocenters. The number of carbonyl (C=O) groups excluding carboxylic acids is 3. The highest BCUT2D eigenvalue weighted by Gasteiger charge is 2.25. The van der Waals surface area contributed by atoms with Crippen LogP contribution in [-0.4, -0.2) is 47.9 Å². The summed E-state index contributed by atoms with van der Waals surface area (Å²) in [5.74, 6) is 0.111. The van der Waals surface area contributed by atoms with E-state index in [1.54, 1.807) is 32.6 Å². The smallest absolute Gasteiger partial charge is 0.408 e. The van der Waals surface area contributed by atoms with Crippen LogP contribution >= 0.6 is 0 Å². The van der Waals surface area contributed by atoms with Gasteiger partial charge in [0, 0.05) is 19.0 Å². The second kappa shape index (κ2) is 6.72. The van der Waals surface area contributed by atoms with E-state index in [0.29, 0.717) is 25.9 Å². The van der Waals surface area contributed by atoms with Crippen LogP contribution in [-0.2, 0) is 14.3 Å². The third-order valence-electron chi connectivity index (χ3n) is 3.21. The molecule has 0 saturated carbocycles. The fourth-order valence-electron chi connectivity index (χ4n) is 2.11. The number of alkyl carbamates (subject to hydrolysis) is 1. The van der Waals surface area contributed by atoms with Gasteiger partial charge in [0.25, 0.3) is 0 Å². The van der Waals surface area contributed by atoms with Crippen molar-refractivity contribution in [3.63, 3.8) is 0 Å². The standard InChI is InChI=1S/C14H24N2O4/c1-10(17)11-5-7-16(8-6-11)12(18)9-15-13(19)20-14(2,3)4/h11H,5-9H2,1-4H3,(H,15,19). The first-order chi connectivity index (χ1) is 9.19. The minimum Gasteiger partial charge on any atom is -0.444 e. The fraction of sp³-hybridized carbons (Fsp3) is 0.786. The Hall–Kier alpha value is -1.59. The maximum absolute atomic E-state index is 11.9. The second-order valence-electron chi connectivity index (χ2n) is 6.12. The van der Waals surface area contributed by atoms with Crippen molar-refractivity contribution >= 4 is 17.8 Å². The number of rotatable bonds is 3. The van der Waals surface area contributed by atoms with E-state index in [1.165, 1.54) is 0 Å². The maximum Gasteiger partial charge on any atom is 0.408 e. The summed E-state index contributed by atoms with van der Waals surface area (Å²) >= 11 is 0. The number of Topliss-reactive ketones (excluding diaryl/α,β-unsaturated/α-hetero) is 1. The van der Waals surface area contributed by atoms with Gasteiger partial charge in [-0.1, -0.05) is 0 Å². The summed E-state index contributed by atoms with van der Waals surface area (Å²) in [4.78, 5) is 36.3. The molecule has 2 amide bonds. The Morgan fingerprint density at radius 3 is 2.20 bits per heavy atom. The van der Waals surface area contributed by atoms with E-state index in [4.69, 9.17) is 4.74 Å². The lowest BCUT2D eigenvalue weighted by molar-refractivity contribution is -0.133. The molecule has 1 aliphatic rings. The minimum atomic E-state index is -0.593. The van der Waals surface area contributed by atoms with E-state index < -0.39 is 11.7 Å². The number of hydrogen-bond acceptors (Lipinski definition) is 4. The predicted octanol–water partition coefficient (Wildman–Crippen LogP) is 1.34. The number of ketones is 1. The number of ether oxygens (including phenoxy) is 1. The zero-order chi connectivity index (χ0) is 15.3. The van der Waals surface area contributed by atoms with Crippen molar-refractivity contribution in [3.8, 4) is 0 Å². The van der Waals surface area contributed by atoms with E-state index in [0.717, 1.165) is 0 Å². The van der Waals surface area contributed by atoms with Crippen molar-refractivity contribution in [1.82, 2.24) is 10.2 Å². The van der Waals surface area contributed by atoms with Crippen LogP contribution in [0.25, 0.3) is 0 Å². The van der Waals surface area contributed by atoms with E-state index in [2.05, 4.69) is 5.32 Å². The van der Waals surface area contributed by atoms with Crippen LogP contribution in [0.15, 0.2) is 0 Å². The van der Waals surface area contributed by atoms with Crippen LogP contribution in [0.5, 0.6) is 0 Å². The molecule has 1 saturated heterocycles. The first-order valence-electron chi connectivity index (χ1n) is 6.94. The molecule has 0 bridgehead atoms. The molecule has 114 valence electrons. The van der Waals surface area contributed by atoms with Gasteiger partial charge in [0.2, 0.25) is 5.91 Å². The van der Waals surface area contributed by atoms with E-state index in [-0.39, 0.29) is 24.2 Å². The first kappa shape index (κ1) is 16.5. The molecule has 20 heavy (non-hydrogen) atoms. The van der Waals surface area contributed by atoms with Gasteiger partial charge in [-0.15, -0.1) is 0 Å². The average Bonchev–Trinajstić information content (AvgIpc) is 2.34. The largest absolute Gasteiger partial charge is 0.444 e. The van der Waals surface area contributed by atoms with Gasteiger partial charge in [-0.05, 0) is 40.5 Å². The van der Waals surface area contributed by atoms with Crippen molar-refractivity contribution < 1.29 is 19.1 Å². The summed E-state index contributed by atoms with van der Waals surface area (Å²) < 4.78 is 5.06. The number of nitrogens with one attached hydrogen (secondary N) is 1. The molecule has 6 nitrogen and oxygen atoms in total. The Labute approximate surface area is 119 Å². The molecular formula is C14H24N2O4. The third kappa shape index (κ3) is 5.59. The van der Waals surface area contributed by atoms with E-state index >= 15 is 0 Å². The maximum atomic E-state index is 11.9. The summed E-state index contributed by atoms with van der Waals surface area (Å²) in [7, 11) is 0. The molecular weight excluding hydrogens is 260 g/mol. The number of likely N-dealkylation sites (tertiary alicyclic amines) is 1. The van der Waals surface area contributed by atoms with Gasteiger partial charge in [0.05, 0.1) is 0 Å². The predicted molar refractivity (Wildman–Crippen MR) is 74.2 cm³/mol. The molecule has 1 heterocycles. The van der Waals surface area contributed by atoms with Crippen LogP contribution in [0.2, 0.25) is 0 Å². The molecule has 1 fully saturated rings. The van der Waals surface area contributed by atoms with Crippen molar-refractivity contribution in [2.45, 2.75) is 46.1 Å². The lowest BCUT2D eigenvalue weighted by Gasteiger charge is -2.31. The molecule has 6 heteroatoms. The molecule has 1 aliphatic heterocycles. The summed E-state index contributed by atoms with van der Waals surface area (Å²) in [6.07, 6.45) is 0.811. The highest BCUT2D eigenvalue weighted by Crippen LogP contribution is 2.17. The number of piperidine rings is 1. The Bertz CT molecular complexity index is 379. The van der Waals surface area contributed by atoms with E-state index in [1.807, 2.05) is 0 Å². The number of nitrogens with zero attached hydrogens (tertiary/aromatic N) is 1. The molecule has 0 aromatic rings. The Morgan fingerprint density at radius 2 is 1.75 bits per heavy atom. The van der Waals surface area contributed by atoms with Crippen LogP contribution in [0.1, 0.15) is 40.5 Å². The van der Waals surface area contributed by atoms with Gasteiger partial charge < -0.3 is 15.0 Å². The van der Waals surface area contributed by atoms with Gasteiger partial charge in [-0.2, -0.15) is 0 Å². The Morgan fingerprint density at radius 1 is 1.20 bits per heavy atom. The SMILES string of the molecule is CC(=O)C1CCN(C(=O)CNC(=O)OC(C)(C)C)CC1. The van der Waals surface area contributed by atoms with Gasteiger partial charge in [0.1, 0.15) is 17.9 Å². The molecule has 1 rings (SSSR count). The van der Waals surface area contributed by atoms with Gasteiger partial charge in [-0.3, -0.25) is 9.59 Å². The lowest BCUT2D eigenvalue weighted by atomic mass is 9.93. The molecule has 0 radical (unpaired) electrons. The molecule has 0 aliphatic carbocycles. The molecule has 0 aromatic carbocycles. The van der Waals surface area contributed by atoms with Crippen molar-refractivity contribution in [3.05, 3.63) is 0 Å². The molecule has 0 spiro atoms. The van der Waals surface area contributed by atoms with Crippen LogP contribution in [0, 0.1) is 5.92 Å². The highest BCUT2D eigenvalue weighted by molar-refractivity contribution is 5.83. The average molecular weight is 284 g/mol. The van der Waals surface area contributed by atoms with Gasteiger partial charge in [-0.25, -0.2) is 4.79 Å². The summed E-state index contributed by atoms with van der Waals surface area (Å²) in [5, 5.41) is 2.45. The molecule has 0 unspecified atom stereocenters. The van der Waals surface area contributed by atoms with Crippen molar-refractivity contribution in [1.29, 1.82) is 0 Å².